The van der Waals surface area contributed by atoms with Crippen LogP contribution in [0, 0.1) is 5.82 Å². The molecule has 0 bridgehead atoms. The molecule has 0 aliphatic rings. The van der Waals surface area contributed by atoms with Gasteiger partial charge < -0.3 is 9.52 Å². The maximum atomic E-state index is 13.0. The second kappa shape index (κ2) is 2.69. The Morgan fingerprint density at radius 3 is 2.86 bits per heavy atom. The Morgan fingerprint density at radius 2 is 2.21 bits per heavy atom. The largest absolute Gasteiger partial charge is 0.478 e. The summed E-state index contributed by atoms with van der Waals surface area (Å²) in [5.41, 5.74) is -0.369. The van der Waals surface area contributed by atoms with Crippen LogP contribution in [0.5, 0.6) is 0 Å². The van der Waals surface area contributed by atoms with E-state index in [0.29, 0.717) is 0 Å². The minimum Gasteiger partial charge on any atom is -0.478 e. The molecule has 2 aromatic rings. The molecule has 72 valence electrons. The van der Waals surface area contributed by atoms with Crippen molar-refractivity contribution in [3.05, 3.63) is 34.1 Å². The van der Waals surface area contributed by atoms with Crippen LogP contribution in [0.1, 0.15) is 10.4 Å². The molecule has 0 saturated carbocycles. The molecule has 0 aliphatic carbocycles. The minimum absolute atomic E-state index is 0.0220. The highest BCUT2D eigenvalue weighted by Gasteiger charge is 2.13. The normalized spacial score (nSPS) is 10.6. The van der Waals surface area contributed by atoms with Gasteiger partial charge in [-0.05, 0) is 0 Å². The van der Waals surface area contributed by atoms with E-state index < -0.39 is 23.1 Å². The molecule has 0 amide bonds. The first-order valence-corrected chi connectivity index (χ1v) is 3.63. The van der Waals surface area contributed by atoms with Crippen molar-refractivity contribution in [1.29, 1.82) is 0 Å². The number of carbonyl (C=O) groups is 1. The van der Waals surface area contributed by atoms with Gasteiger partial charge in [0.15, 0.2) is 5.58 Å². The Labute approximate surface area is 75.8 Å². The zero-order chi connectivity index (χ0) is 10.3. The van der Waals surface area contributed by atoms with Gasteiger partial charge in [0.2, 0.25) is 0 Å². The lowest BCUT2D eigenvalue weighted by molar-refractivity contribution is 0.0692. The fourth-order valence-electron chi connectivity index (χ4n) is 1.13. The van der Waals surface area contributed by atoms with E-state index in [9.17, 15) is 14.0 Å². The molecule has 2 N–H and O–H groups in total. The van der Waals surface area contributed by atoms with Gasteiger partial charge in [0.05, 0.1) is 11.1 Å². The highest BCUT2D eigenvalue weighted by atomic mass is 19.1. The van der Waals surface area contributed by atoms with Gasteiger partial charge in [0.1, 0.15) is 5.82 Å². The van der Waals surface area contributed by atoms with Crippen LogP contribution < -0.4 is 5.76 Å². The third-order valence-electron chi connectivity index (χ3n) is 1.74. The number of hydrogen-bond donors (Lipinski definition) is 2. The number of benzene rings is 1. The Hall–Kier alpha value is -2.11. The van der Waals surface area contributed by atoms with Crippen LogP contribution in [0.15, 0.2) is 21.3 Å². The van der Waals surface area contributed by atoms with E-state index in [1.807, 2.05) is 0 Å². The smallest absolute Gasteiger partial charge is 0.417 e. The lowest BCUT2D eigenvalue weighted by Crippen LogP contribution is -1.99. The van der Waals surface area contributed by atoms with Crippen LogP contribution in [-0.2, 0) is 0 Å². The van der Waals surface area contributed by atoms with Crippen LogP contribution >= 0.6 is 0 Å². The van der Waals surface area contributed by atoms with E-state index in [0.717, 1.165) is 12.1 Å². The maximum Gasteiger partial charge on any atom is 0.417 e. The van der Waals surface area contributed by atoms with Crippen molar-refractivity contribution in [3.63, 3.8) is 0 Å². The summed E-state index contributed by atoms with van der Waals surface area (Å²) in [7, 11) is 0. The predicted octanol–water partition coefficient (Wildman–Crippen LogP) is 0.958. The zero-order valence-corrected chi connectivity index (χ0v) is 6.70. The van der Waals surface area contributed by atoms with Crippen molar-refractivity contribution < 1.29 is 18.7 Å². The first-order valence-electron chi connectivity index (χ1n) is 3.63. The molecule has 0 aliphatic heterocycles. The summed E-state index contributed by atoms with van der Waals surface area (Å²) in [6.07, 6.45) is 0. The van der Waals surface area contributed by atoms with E-state index in [2.05, 4.69) is 9.40 Å². The Balaban J connectivity index is 2.82. The third-order valence-corrected chi connectivity index (χ3v) is 1.74. The molecule has 0 saturated heterocycles. The van der Waals surface area contributed by atoms with Crippen molar-refractivity contribution in [1.82, 2.24) is 4.98 Å². The summed E-state index contributed by atoms with van der Waals surface area (Å²) in [6, 6.07) is 1.87. The molecule has 1 aromatic heterocycles. The summed E-state index contributed by atoms with van der Waals surface area (Å²) in [5, 5.41) is 8.56. The van der Waals surface area contributed by atoms with Crippen molar-refractivity contribution in [2.24, 2.45) is 0 Å². The molecule has 5 nitrogen and oxygen atoms in total. The fraction of sp³-hybridized carbons (Fsp3) is 0. The second-order valence-electron chi connectivity index (χ2n) is 2.65. The van der Waals surface area contributed by atoms with Gasteiger partial charge in [-0.15, -0.1) is 0 Å². The molecule has 1 aromatic carbocycles. The lowest BCUT2D eigenvalue weighted by Gasteiger charge is -1.95. The quantitative estimate of drug-likeness (QED) is 0.713. The topological polar surface area (TPSA) is 83.3 Å². The van der Waals surface area contributed by atoms with E-state index in [1.54, 1.807) is 0 Å². The van der Waals surface area contributed by atoms with Gasteiger partial charge in [-0.3, -0.25) is 4.98 Å². The summed E-state index contributed by atoms with van der Waals surface area (Å²) in [6.45, 7) is 0. The van der Waals surface area contributed by atoms with Gasteiger partial charge in [-0.2, -0.15) is 0 Å². The Kier molecular flexibility index (Phi) is 1.63. The maximum absolute atomic E-state index is 13.0. The molecule has 0 spiro atoms. The number of aromatic carboxylic acids is 1. The van der Waals surface area contributed by atoms with Crippen LogP contribution in [0.3, 0.4) is 0 Å². The number of rotatable bonds is 1. The number of aromatic nitrogens is 1. The van der Waals surface area contributed by atoms with Crippen LogP contribution in [0.2, 0.25) is 0 Å². The number of fused-ring (bicyclic) bond motifs is 1. The van der Waals surface area contributed by atoms with Crippen molar-refractivity contribution >= 4 is 17.1 Å². The molecule has 1 heterocycles. The van der Waals surface area contributed by atoms with Crippen molar-refractivity contribution in [3.8, 4) is 0 Å². The van der Waals surface area contributed by atoms with E-state index in [-0.39, 0.29) is 11.1 Å². The van der Waals surface area contributed by atoms with E-state index in [4.69, 9.17) is 5.11 Å². The van der Waals surface area contributed by atoms with E-state index >= 15 is 0 Å². The monoisotopic (exact) mass is 197 g/mol. The van der Waals surface area contributed by atoms with Gasteiger partial charge in [0.25, 0.3) is 0 Å². The molecular formula is C8H4FNO4. The predicted molar refractivity (Wildman–Crippen MR) is 43.8 cm³/mol. The van der Waals surface area contributed by atoms with Crippen LogP contribution in [-0.4, -0.2) is 16.1 Å². The number of aromatic amines is 1. The second-order valence-corrected chi connectivity index (χ2v) is 2.65. The van der Waals surface area contributed by atoms with Gasteiger partial charge in [0, 0.05) is 12.1 Å². The number of halogens is 1. The standard InChI is InChI=1S/C8H4FNO4/c9-4-2-5-6(14-8(13)10-5)1-3(4)7(11)12/h1-2H,(H,10,13)(H,11,12). The molecule has 0 fully saturated rings. The van der Waals surface area contributed by atoms with Crippen molar-refractivity contribution in [2.75, 3.05) is 0 Å². The summed E-state index contributed by atoms with van der Waals surface area (Å²) >= 11 is 0. The number of oxazole rings is 1. The number of carboxylic acid groups (broad SMARTS) is 1. The van der Waals surface area contributed by atoms with Gasteiger partial charge in [-0.1, -0.05) is 0 Å². The van der Waals surface area contributed by atoms with Gasteiger partial charge >= 0.3 is 11.7 Å². The first-order chi connectivity index (χ1) is 6.58. The number of H-pyrrole nitrogens is 1. The molecule has 0 unspecified atom stereocenters. The zero-order valence-electron chi connectivity index (χ0n) is 6.70. The molecule has 14 heavy (non-hydrogen) atoms. The fourth-order valence-corrected chi connectivity index (χ4v) is 1.13. The third kappa shape index (κ3) is 1.17. The Bertz CT molecular complexity index is 568. The summed E-state index contributed by atoms with van der Waals surface area (Å²) in [5.74, 6) is -3.07. The molecule has 0 radical (unpaired) electrons. The number of carboxylic acids is 1. The molecule has 2 rings (SSSR count). The molecule has 0 atom stereocenters. The summed E-state index contributed by atoms with van der Waals surface area (Å²) < 4.78 is 17.6. The Morgan fingerprint density at radius 1 is 1.50 bits per heavy atom. The highest BCUT2D eigenvalue weighted by molar-refractivity contribution is 5.92. The minimum atomic E-state index is -1.41. The number of nitrogens with one attached hydrogen (secondary N) is 1. The lowest BCUT2D eigenvalue weighted by atomic mass is 10.2. The average Bonchev–Trinajstić information content (AvgIpc) is 2.42. The molecule has 6 heteroatoms. The summed E-state index contributed by atoms with van der Waals surface area (Å²) in [4.78, 5) is 23.4. The van der Waals surface area contributed by atoms with E-state index in [1.165, 1.54) is 0 Å². The average molecular weight is 197 g/mol. The molecular weight excluding hydrogens is 193 g/mol. The van der Waals surface area contributed by atoms with Gasteiger partial charge in [-0.25, -0.2) is 14.0 Å². The van der Waals surface area contributed by atoms with Crippen LogP contribution in [0.4, 0.5) is 4.39 Å². The first kappa shape index (κ1) is 8.49. The number of hydrogen-bond acceptors (Lipinski definition) is 3. The SMILES string of the molecule is O=C(O)c1cc2oc(=O)[nH]c2cc1F. The highest BCUT2D eigenvalue weighted by Crippen LogP contribution is 2.16. The van der Waals surface area contributed by atoms with Crippen molar-refractivity contribution in [2.45, 2.75) is 0 Å². The van der Waals surface area contributed by atoms with Crippen LogP contribution in [0.25, 0.3) is 11.1 Å².